The van der Waals surface area contributed by atoms with Gasteiger partial charge < -0.3 is 14.5 Å². The fourth-order valence-corrected chi connectivity index (χ4v) is 2.77. The minimum atomic E-state index is -0.593. The maximum absolute atomic E-state index is 13.9. The van der Waals surface area contributed by atoms with Gasteiger partial charge in [-0.05, 0) is 42.5 Å². The molecule has 1 heterocycles. The van der Waals surface area contributed by atoms with Crippen molar-refractivity contribution in [1.82, 2.24) is 4.98 Å². The molecule has 134 valence electrons. The number of methoxy groups -OCH3 is 1. The highest BCUT2D eigenvalue weighted by molar-refractivity contribution is 6.05. The Morgan fingerprint density at radius 2 is 1.85 bits per heavy atom. The van der Waals surface area contributed by atoms with E-state index in [1.165, 1.54) is 25.3 Å². The summed E-state index contributed by atoms with van der Waals surface area (Å²) < 4.78 is 24.9. The molecule has 0 aliphatic rings. The second-order valence-corrected chi connectivity index (χ2v) is 5.84. The van der Waals surface area contributed by atoms with Crippen LogP contribution in [0.1, 0.15) is 10.4 Å². The van der Waals surface area contributed by atoms with Crippen molar-refractivity contribution in [3.8, 4) is 17.2 Å². The molecule has 0 aliphatic carbocycles. The highest BCUT2D eigenvalue weighted by Gasteiger charge is 2.16. The summed E-state index contributed by atoms with van der Waals surface area (Å²) in [6.45, 7) is 0. The third-order valence-electron chi connectivity index (χ3n) is 4.11. The Bertz CT molecular complexity index is 1100. The number of fused-ring (bicyclic) bond motifs is 1. The Morgan fingerprint density at radius 3 is 2.63 bits per heavy atom. The summed E-state index contributed by atoms with van der Waals surface area (Å²) in [6.07, 6.45) is 0. The average Bonchev–Trinajstić information content (AvgIpc) is 3.12. The fourth-order valence-electron chi connectivity index (χ4n) is 2.77. The van der Waals surface area contributed by atoms with Gasteiger partial charge in [-0.25, -0.2) is 9.37 Å². The van der Waals surface area contributed by atoms with Gasteiger partial charge in [0.15, 0.2) is 5.58 Å². The molecule has 4 rings (SSSR count). The fraction of sp³-hybridized carbons (Fsp3) is 0.0476. The number of hydrogen-bond acceptors (Lipinski definition) is 4. The van der Waals surface area contributed by atoms with Crippen LogP contribution >= 0.6 is 0 Å². The minimum Gasteiger partial charge on any atom is -0.495 e. The molecule has 27 heavy (non-hydrogen) atoms. The molecule has 0 aliphatic heterocycles. The largest absolute Gasteiger partial charge is 0.495 e. The number of benzene rings is 3. The number of aromatic nitrogens is 1. The van der Waals surface area contributed by atoms with Gasteiger partial charge in [-0.15, -0.1) is 0 Å². The van der Waals surface area contributed by atoms with E-state index in [2.05, 4.69) is 10.3 Å². The number of amides is 1. The summed E-state index contributed by atoms with van der Waals surface area (Å²) in [5, 5.41) is 2.69. The first-order chi connectivity index (χ1) is 13.2. The number of anilines is 1. The van der Waals surface area contributed by atoms with Crippen LogP contribution in [-0.4, -0.2) is 18.0 Å². The predicted octanol–water partition coefficient (Wildman–Crippen LogP) is 4.89. The Balaban J connectivity index is 1.70. The summed E-state index contributed by atoms with van der Waals surface area (Å²) in [5.41, 5.74) is 2.41. The van der Waals surface area contributed by atoms with Crippen molar-refractivity contribution >= 4 is 22.7 Å². The third-order valence-corrected chi connectivity index (χ3v) is 4.11. The van der Waals surface area contributed by atoms with Gasteiger partial charge in [-0.2, -0.15) is 0 Å². The Labute approximate surface area is 154 Å². The number of rotatable bonds is 4. The van der Waals surface area contributed by atoms with Gasteiger partial charge in [0, 0.05) is 5.56 Å². The normalized spacial score (nSPS) is 10.7. The summed E-state index contributed by atoms with van der Waals surface area (Å²) in [5.74, 6) is -0.301. The molecule has 0 bridgehead atoms. The van der Waals surface area contributed by atoms with E-state index in [0.717, 1.165) is 5.52 Å². The summed E-state index contributed by atoms with van der Waals surface area (Å²) in [6, 6.07) is 18.4. The molecule has 3 aromatic carbocycles. The number of para-hydroxylation sites is 2. The highest BCUT2D eigenvalue weighted by Crippen LogP contribution is 2.32. The van der Waals surface area contributed by atoms with Crippen molar-refractivity contribution in [2.75, 3.05) is 12.4 Å². The predicted molar refractivity (Wildman–Crippen MR) is 100 cm³/mol. The van der Waals surface area contributed by atoms with Gasteiger partial charge >= 0.3 is 0 Å². The molecule has 5 nitrogen and oxygen atoms in total. The molecule has 0 saturated carbocycles. The summed E-state index contributed by atoms with van der Waals surface area (Å²) >= 11 is 0. The number of ether oxygens (including phenoxy) is 1. The van der Waals surface area contributed by atoms with Crippen LogP contribution in [0.2, 0.25) is 0 Å². The summed E-state index contributed by atoms with van der Waals surface area (Å²) in [7, 11) is 1.49. The van der Waals surface area contributed by atoms with Gasteiger partial charge in [0.2, 0.25) is 5.89 Å². The highest BCUT2D eigenvalue weighted by atomic mass is 19.1. The maximum Gasteiger partial charge on any atom is 0.258 e. The monoisotopic (exact) mass is 362 g/mol. The molecule has 1 amide bonds. The smallest absolute Gasteiger partial charge is 0.258 e. The zero-order chi connectivity index (χ0) is 18.8. The molecule has 0 fully saturated rings. The molecule has 0 atom stereocenters. The molecule has 4 aromatic rings. The van der Waals surface area contributed by atoms with Crippen LogP contribution in [0.5, 0.6) is 5.75 Å². The molecule has 6 heteroatoms. The molecule has 0 spiro atoms. The van der Waals surface area contributed by atoms with Crippen LogP contribution in [0, 0.1) is 5.82 Å². The number of hydrogen-bond donors (Lipinski definition) is 1. The SMILES string of the molecule is COc1ccc(-c2nc3ccccc3o2)cc1NC(=O)c1ccccc1F. The molecular weight excluding hydrogens is 347 g/mol. The van der Waals surface area contributed by atoms with Crippen molar-refractivity contribution in [2.45, 2.75) is 0 Å². The van der Waals surface area contributed by atoms with E-state index in [1.807, 2.05) is 24.3 Å². The van der Waals surface area contributed by atoms with E-state index >= 15 is 0 Å². The minimum absolute atomic E-state index is 0.0492. The average molecular weight is 362 g/mol. The van der Waals surface area contributed by atoms with Gasteiger partial charge in [-0.3, -0.25) is 4.79 Å². The van der Waals surface area contributed by atoms with Crippen LogP contribution in [-0.2, 0) is 0 Å². The molecule has 1 N–H and O–H groups in total. The van der Waals surface area contributed by atoms with E-state index in [0.29, 0.717) is 28.5 Å². The lowest BCUT2D eigenvalue weighted by molar-refractivity contribution is 0.102. The number of halogens is 1. The van der Waals surface area contributed by atoms with Gasteiger partial charge in [0.05, 0.1) is 18.4 Å². The lowest BCUT2D eigenvalue weighted by atomic mass is 10.1. The van der Waals surface area contributed by atoms with Crippen molar-refractivity contribution in [3.05, 3.63) is 78.1 Å². The second kappa shape index (κ2) is 6.92. The van der Waals surface area contributed by atoms with Crippen LogP contribution in [0.25, 0.3) is 22.6 Å². The Hall–Kier alpha value is -3.67. The van der Waals surface area contributed by atoms with Crippen LogP contribution < -0.4 is 10.1 Å². The molecule has 1 aromatic heterocycles. The summed E-state index contributed by atoms with van der Waals surface area (Å²) in [4.78, 5) is 16.9. The van der Waals surface area contributed by atoms with Crippen LogP contribution in [0.4, 0.5) is 10.1 Å². The number of oxazole rings is 1. The van der Waals surface area contributed by atoms with Crippen molar-refractivity contribution < 1.29 is 18.3 Å². The van der Waals surface area contributed by atoms with Crippen molar-refractivity contribution in [3.63, 3.8) is 0 Å². The molecule has 0 saturated heterocycles. The number of carbonyl (C=O) groups excluding carboxylic acids is 1. The number of carbonyl (C=O) groups is 1. The van der Waals surface area contributed by atoms with Crippen LogP contribution in [0.15, 0.2) is 71.1 Å². The van der Waals surface area contributed by atoms with E-state index in [9.17, 15) is 9.18 Å². The van der Waals surface area contributed by atoms with Gasteiger partial charge in [0.1, 0.15) is 17.1 Å². The molecule has 0 unspecified atom stereocenters. The maximum atomic E-state index is 13.9. The van der Waals surface area contributed by atoms with E-state index in [-0.39, 0.29) is 5.56 Å². The standard InChI is InChI=1S/C21H15FN2O3/c1-26-18-11-10-13(21-24-16-8-4-5-9-19(16)27-21)12-17(18)23-20(25)14-6-2-3-7-15(14)22/h2-12H,1H3,(H,23,25). The van der Waals surface area contributed by atoms with E-state index < -0.39 is 11.7 Å². The van der Waals surface area contributed by atoms with Gasteiger partial charge in [0.25, 0.3) is 5.91 Å². The van der Waals surface area contributed by atoms with Crippen molar-refractivity contribution in [2.24, 2.45) is 0 Å². The lowest BCUT2D eigenvalue weighted by Crippen LogP contribution is -2.14. The van der Waals surface area contributed by atoms with Gasteiger partial charge in [-0.1, -0.05) is 24.3 Å². The van der Waals surface area contributed by atoms with E-state index in [1.54, 1.807) is 24.3 Å². The topological polar surface area (TPSA) is 64.4 Å². The van der Waals surface area contributed by atoms with Crippen LogP contribution in [0.3, 0.4) is 0 Å². The zero-order valence-electron chi connectivity index (χ0n) is 14.4. The molecule has 0 radical (unpaired) electrons. The Morgan fingerprint density at radius 1 is 1.07 bits per heavy atom. The lowest BCUT2D eigenvalue weighted by Gasteiger charge is -2.11. The first-order valence-corrected chi connectivity index (χ1v) is 8.25. The quantitative estimate of drug-likeness (QED) is 0.561. The number of nitrogens with one attached hydrogen (secondary N) is 1. The van der Waals surface area contributed by atoms with E-state index in [4.69, 9.17) is 9.15 Å². The Kier molecular flexibility index (Phi) is 4.30. The molecular formula is C21H15FN2O3. The first kappa shape index (κ1) is 16.8. The van der Waals surface area contributed by atoms with Crippen molar-refractivity contribution in [1.29, 1.82) is 0 Å². The second-order valence-electron chi connectivity index (χ2n) is 5.84. The first-order valence-electron chi connectivity index (χ1n) is 8.25. The third kappa shape index (κ3) is 3.25. The zero-order valence-corrected chi connectivity index (χ0v) is 14.4. The number of nitrogens with zero attached hydrogens (tertiary/aromatic N) is 1.